The van der Waals surface area contributed by atoms with Crippen LogP contribution in [0.2, 0.25) is 0 Å². The molecule has 2 rings (SSSR count). The molecule has 2 N–H and O–H groups in total. The summed E-state index contributed by atoms with van der Waals surface area (Å²) in [6.07, 6.45) is 3.70. The van der Waals surface area contributed by atoms with Crippen LogP contribution in [0.15, 0.2) is 12.4 Å². The van der Waals surface area contributed by atoms with Crippen LogP contribution < -0.4 is 5.73 Å². The number of aromatic nitrogens is 4. The summed E-state index contributed by atoms with van der Waals surface area (Å²) in [6.45, 7) is 4.21. The van der Waals surface area contributed by atoms with Crippen molar-refractivity contribution in [1.29, 1.82) is 0 Å². The summed E-state index contributed by atoms with van der Waals surface area (Å²) in [6, 6.07) is 0. The number of nitrogens with zero attached hydrogens (tertiary/aromatic N) is 4. The largest absolute Gasteiger partial charge is 0.383 e. The molecule has 2 aromatic rings. The highest BCUT2D eigenvalue weighted by Gasteiger charge is 2.16. The van der Waals surface area contributed by atoms with Crippen LogP contribution in [0.1, 0.15) is 25.6 Å². The number of nitrogens with two attached hydrogens (primary N) is 1. The highest BCUT2D eigenvalue weighted by Crippen LogP contribution is 2.27. The molecule has 0 atom stereocenters. The van der Waals surface area contributed by atoms with E-state index in [9.17, 15) is 0 Å². The van der Waals surface area contributed by atoms with Gasteiger partial charge in [-0.15, -0.1) is 0 Å². The van der Waals surface area contributed by atoms with E-state index in [1.54, 1.807) is 10.9 Å². The molecule has 0 fully saturated rings. The van der Waals surface area contributed by atoms with Gasteiger partial charge in [-0.2, -0.15) is 5.10 Å². The lowest BCUT2D eigenvalue weighted by molar-refractivity contribution is 0.715. The van der Waals surface area contributed by atoms with Crippen molar-refractivity contribution in [1.82, 2.24) is 19.3 Å². The summed E-state index contributed by atoms with van der Waals surface area (Å²) in [5, 5.41) is 4.13. The van der Waals surface area contributed by atoms with Gasteiger partial charge in [0.15, 0.2) is 0 Å². The zero-order valence-corrected chi connectivity index (χ0v) is 10.1. The van der Waals surface area contributed by atoms with Crippen LogP contribution in [-0.4, -0.2) is 19.3 Å². The van der Waals surface area contributed by atoms with E-state index >= 15 is 0 Å². The van der Waals surface area contributed by atoms with Crippen LogP contribution in [0, 0.1) is 0 Å². The second-order valence-corrected chi connectivity index (χ2v) is 4.32. The molecule has 0 amide bonds. The molecule has 0 aromatic carbocycles. The molecule has 0 saturated heterocycles. The fraction of sp³-hybridized carbons (Fsp3) is 0.455. The van der Waals surface area contributed by atoms with Crippen molar-refractivity contribution in [3.63, 3.8) is 0 Å². The molecule has 5 heteroatoms. The quantitative estimate of drug-likeness (QED) is 0.833. The number of hydrogen-bond acceptors (Lipinski definition) is 3. The number of nitrogen functional groups attached to an aromatic ring is 1. The highest BCUT2D eigenvalue weighted by atomic mass is 15.2. The van der Waals surface area contributed by atoms with Gasteiger partial charge in [-0.05, 0) is 0 Å². The van der Waals surface area contributed by atoms with Crippen molar-refractivity contribution >= 4 is 5.82 Å². The number of aryl methyl sites for hydroxylation is 1. The predicted octanol–water partition coefficient (Wildman–Crippen LogP) is 1.53. The van der Waals surface area contributed by atoms with Gasteiger partial charge in [0, 0.05) is 31.8 Å². The zero-order valence-electron chi connectivity index (χ0n) is 10.1. The summed E-state index contributed by atoms with van der Waals surface area (Å²) in [7, 11) is 3.82. The van der Waals surface area contributed by atoms with E-state index in [1.165, 1.54) is 0 Å². The van der Waals surface area contributed by atoms with Crippen LogP contribution in [0.3, 0.4) is 0 Å². The van der Waals surface area contributed by atoms with E-state index in [2.05, 4.69) is 23.9 Å². The number of rotatable bonds is 2. The Morgan fingerprint density at radius 2 is 2.00 bits per heavy atom. The smallest absolute Gasteiger partial charge is 0.131 e. The maximum atomic E-state index is 6.05. The monoisotopic (exact) mass is 219 g/mol. The Morgan fingerprint density at radius 1 is 1.31 bits per heavy atom. The summed E-state index contributed by atoms with van der Waals surface area (Å²) in [4.78, 5) is 4.58. The Labute approximate surface area is 94.9 Å². The lowest BCUT2D eigenvalue weighted by Gasteiger charge is -2.04. The predicted molar refractivity (Wildman–Crippen MR) is 63.9 cm³/mol. The molecular formula is C11H17N5. The fourth-order valence-corrected chi connectivity index (χ4v) is 1.80. The topological polar surface area (TPSA) is 61.7 Å². The van der Waals surface area contributed by atoms with Gasteiger partial charge in [0.25, 0.3) is 0 Å². The van der Waals surface area contributed by atoms with Gasteiger partial charge in [0.1, 0.15) is 17.3 Å². The minimum absolute atomic E-state index is 0.359. The zero-order chi connectivity index (χ0) is 11.9. The normalized spacial score (nSPS) is 11.3. The summed E-state index contributed by atoms with van der Waals surface area (Å²) in [5.41, 5.74) is 7.83. The van der Waals surface area contributed by atoms with Crippen LogP contribution >= 0.6 is 0 Å². The molecule has 86 valence electrons. The number of anilines is 1. The van der Waals surface area contributed by atoms with Gasteiger partial charge >= 0.3 is 0 Å². The molecule has 0 aliphatic heterocycles. The van der Waals surface area contributed by atoms with Crippen LogP contribution in [0.4, 0.5) is 5.82 Å². The molecule has 16 heavy (non-hydrogen) atoms. The lowest BCUT2D eigenvalue weighted by Crippen LogP contribution is -2.02. The van der Waals surface area contributed by atoms with Crippen molar-refractivity contribution in [2.45, 2.75) is 19.8 Å². The Kier molecular flexibility index (Phi) is 2.46. The highest BCUT2D eigenvalue weighted by molar-refractivity contribution is 5.69. The van der Waals surface area contributed by atoms with Crippen molar-refractivity contribution in [2.75, 3.05) is 5.73 Å². The third kappa shape index (κ3) is 1.58. The molecule has 2 aromatic heterocycles. The van der Waals surface area contributed by atoms with Crippen molar-refractivity contribution in [2.24, 2.45) is 14.1 Å². The standard InChI is InChI=1S/C11H17N5/c1-7(2)11-14-9(10(12)16(11)4)8-5-13-15(3)6-8/h5-7H,12H2,1-4H3. The molecule has 0 unspecified atom stereocenters. The Morgan fingerprint density at radius 3 is 2.44 bits per heavy atom. The van der Waals surface area contributed by atoms with Crippen molar-refractivity contribution in [3.05, 3.63) is 18.2 Å². The molecule has 5 nitrogen and oxygen atoms in total. The van der Waals surface area contributed by atoms with E-state index < -0.39 is 0 Å². The average Bonchev–Trinajstić information content (AvgIpc) is 2.74. The van der Waals surface area contributed by atoms with Gasteiger partial charge < -0.3 is 10.3 Å². The molecule has 0 aliphatic carbocycles. The fourth-order valence-electron chi connectivity index (χ4n) is 1.80. The number of imidazole rings is 1. The van der Waals surface area contributed by atoms with Crippen molar-refractivity contribution in [3.8, 4) is 11.3 Å². The average molecular weight is 219 g/mol. The minimum atomic E-state index is 0.359. The van der Waals surface area contributed by atoms with E-state index in [-0.39, 0.29) is 0 Å². The third-order valence-corrected chi connectivity index (χ3v) is 2.67. The Balaban J connectivity index is 2.54. The second kappa shape index (κ2) is 3.66. The Hall–Kier alpha value is -1.78. The molecule has 0 saturated carbocycles. The summed E-state index contributed by atoms with van der Waals surface area (Å²) >= 11 is 0. The first-order valence-corrected chi connectivity index (χ1v) is 5.31. The number of hydrogen-bond donors (Lipinski definition) is 1. The maximum absolute atomic E-state index is 6.05. The molecular weight excluding hydrogens is 202 g/mol. The minimum Gasteiger partial charge on any atom is -0.383 e. The van der Waals surface area contributed by atoms with E-state index in [0.29, 0.717) is 11.7 Å². The van der Waals surface area contributed by atoms with Gasteiger partial charge in [-0.25, -0.2) is 4.98 Å². The molecule has 0 radical (unpaired) electrons. The molecule has 0 aliphatic rings. The molecule has 0 bridgehead atoms. The first kappa shape index (κ1) is 10.7. The van der Waals surface area contributed by atoms with Crippen LogP contribution in [-0.2, 0) is 14.1 Å². The van der Waals surface area contributed by atoms with Gasteiger partial charge in [0.2, 0.25) is 0 Å². The van der Waals surface area contributed by atoms with Crippen LogP contribution in [0.5, 0.6) is 0 Å². The summed E-state index contributed by atoms with van der Waals surface area (Å²) < 4.78 is 3.69. The SMILES string of the molecule is CC(C)c1nc(-c2cnn(C)c2)c(N)n1C. The van der Waals surface area contributed by atoms with E-state index in [0.717, 1.165) is 17.1 Å². The second-order valence-electron chi connectivity index (χ2n) is 4.32. The third-order valence-electron chi connectivity index (χ3n) is 2.67. The van der Waals surface area contributed by atoms with E-state index in [1.807, 2.05) is 24.9 Å². The molecule has 2 heterocycles. The molecule has 0 spiro atoms. The van der Waals surface area contributed by atoms with Crippen molar-refractivity contribution < 1.29 is 0 Å². The van der Waals surface area contributed by atoms with Crippen LogP contribution in [0.25, 0.3) is 11.3 Å². The van der Waals surface area contributed by atoms with Gasteiger partial charge in [0.05, 0.1) is 6.20 Å². The Bertz CT molecular complexity index is 506. The lowest BCUT2D eigenvalue weighted by atomic mass is 10.2. The van der Waals surface area contributed by atoms with Gasteiger partial charge in [-0.3, -0.25) is 4.68 Å². The van der Waals surface area contributed by atoms with Gasteiger partial charge in [-0.1, -0.05) is 13.8 Å². The van der Waals surface area contributed by atoms with E-state index in [4.69, 9.17) is 5.73 Å². The first-order valence-electron chi connectivity index (χ1n) is 5.31. The maximum Gasteiger partial charge on any atom is 0.131 e. The summed E-state index contributed by atoms with van der Waals surface area (Å²) in [5.74, 6) is 2.05. The first-order chi connectivity index (χ1) is 7.50.